The smallest absolute Gasteiger partial charge is 0.240 e. The fraction of sp³-hybridized carbons (Fsp3) is 0.188. The number of hydrogen-bond donors (Lipinski definition) is 1. The number of carbonyl (C=O) groups is 1. The van der Waals surface area contributed by atoms with Gasteiger partial charge in [-0.1, -0.05) is 34.1 Å². The lowest BCUT2D eigenvalue weighted by Gasteiger charge is -2.17. The first-order chi connectivity index (χ1) is 11.0. The highest BCUT2D eigenvalue weighted by Crippen LogP contribution is 2.22. The standard InChI is InChI=1S/C16H15BrN2O3S/c17-12-6-8-15(9-7-12)23(21,22)18-13-10-16(20)19(11-13)14-4-2-1-3-5-14/h1-9,13,18H,10-11H2/t13-/m0/s1. The van der Waals surface area contributed by atoms with Crippen LogP contribution in [0.25, 0.3) is 0 Å². The largest absolute Gasteiger partial charge is 0.311 e. The van der Waals surface area contributed by atoms with E-state index in [1.165, 1.54) is 12.1 Å². The lowest BCUT2D eigenvalue weighted by atomic mass is 10.3. The van der Waals surface area contributed by atoms with Crippen LogP contribution in [0.15, 0.2) is 64.0 Å². The van der Waals surface area contributed by atoms with E-state index in [1.807, 2.05) is 30.3 Å². The van der Waals surface area contributed by atoms with Gasteiger partial charge in [0.1, 0.15) is 0 Å². The molecule has 0 radical (unpaired) electrons. The number of amides is 1. The van der Waals surface area contributed by atoms with Gasteiger partial charge in [0.15, 0.2) is 0 Å². The molecule has 1 saturated heterocycles. The minimum absolute atomic E-state index is 0.0836. The molecular weight excluding hydrogens is 380 g/mol. The summed E-state index contributed by atoms with van der Waals surface area (Å²) in [5.74, 6) is -0.0836. The number of rotatable bonds is 4. The number of sulfonamides is 1. The molecule has 2 aromatic carbocycles. The number of para-hydroxylation sites is 1. The maximum absolute atomic E-state index is 12.4. The van der Waals surface area contributed by atoms with Gasteiger partial charge < -0.3 is 4.90 Å². The molecule has 1 N–H and O–H groups in total. The summed E-state index contributed by atoms with van der Waals surface area (Å²) in [6.07, 6.45) is 0.157. The van der Waals surface area contributed by atoms with Crippen molar-refractivity contribution in [2.45, 2.75) is 17.4 Å². The highest BCUT2D eigenvalue weighted by atomic mass is 79.9. The zero-order valence-electron chi connectivity index (χ0n) is 12.1. The van der Waals surface area contributed by atoms with Crippen LogP contribution in [0, 0.1) is 0 Å². The van der Waals surface area contributed by atoms with Crippen LogP contribution in [0.4, 0.5) is 5.69 Å². The summed E-state index contributed by atoms with van der Waals surface area (Å²) >= 11 is 3.28. The predicted octanol–water partition coefficient (Wildman–Crippen LogP) is 2.53. The Morgan fingerprint density at radius 2 is 1.70 bits per heavy atom. The van der Waals surface area contributed by atoms with Gasteiger partial charge in [0.2, 0.25) is 15.9 Å². The molecule has 3 rings (SSSR count). The van der Waals surface area contributed by atoms with E-state index < -0.39 is 16.1 Å². The SMILES string of the molecule is O=C1C[C@H](NS(=O)(=O)c2ccc(Br)cc2)CN1c1ccccc1. The molecule has 23 heavy (non-hydrogen) atoms. The van der Waals surface area contributed by atoms with Crippen molar-refractivity contribution < 1.29 is 13.2 Å². The number of benzene rings is 2. The molecule has 0 aromatic heterocycles. The molecule has 0 saturated carbocycles. The zero-order valence-corrected chi connectivity index (χ0v) is 14.5. The summed E-state index contributed by atoms with van der Waals surface area (Å²) in [6.45, 7) is 0.332. The van der Waals surface area contributed by atoms with Gasteiger partial charge in [-0.2, -0.15) is 0 Å². The van der Waals surface area contributed by atoms with Crippen LogP contribution in [0.3, 0.4) is 0 Å². The fourth-order valence-electron chi connectivity index (χ4n) is 2.55. The van der Waals surface area contributed by atoms with Gasteiger partial charge in [-0.3, -0.25) is 4.79 Å². The monoisotopic (exact) mass is 394 g/mol. The number of hydrogen-bond acceptors (Lipinski definition) is 3. The molecule has 1 aliphatic heterocycles. The molecule has 1 fully saturated rings. The number of carbonyl (C=O) groups excluding carboxylic acids is 1. The van der Waals surface area contributed by atoms with E-state index in [0.29, 0.717) is 6.54 Å². The van der Waals surface area contributed by atoms with E-state index in [2.05, 4.69) is 20.7 Å². The Labute approximate surface area is 143 Å². The number of anilines is 1. The van der Waals surface area contributed by atoms with Crippen LogP contribution in [0.5, 0.6) is 0 Å². The maximum atomic E-state index is 12.4. The molecule has 0 aliphatic carbocycles. The molecular formula is C16H15BrN2O3S. The average Bonchev–Trinajstić information content (AvgIpc) is 2.88. The van der Waals surface area contributed by atoms with Gasteiger partial charge in [0, 0.05) is 29.2 Å². The van der Waals surface area contributed by atoms with Gasteiger partial charge in [-0.15, -0.1) is 0 Å². The summed E-state index contributed by atoms with van der Waals surface area (Å²) in [4.78, 5) is 13.9. The summed E-state index contributed by atoms with van der Waals surface area (Å²) in [5, 5.41) is 0. The van der Waals surface area contributed by atoms with Crippen molar-refractivity contribution in [3.63, 3.8) is 0 Å². The summed E-state index contributed by atoms with van der Waals surface area (Å²) in [6, 6.07) is 15.2. The third kappa shape index (κ3) is 3.63. The van der Waals surface area contributed by atoms with Crippen molar-refractivity contribution in [1.29, 1.82) is 0 Å². The highest BCUT2D eigenvalue weighted by Gasteiger charge is 2.33. The Hall–Kier alpha value is -1.70. The van der Waals surface area contributed by atoms with Crippen LogP contribution >= 0.6 is 15.9 Å². The minimum atomic E-state index is -3.64. The van der Waals surface area contributed by atoms with E-state index in [4.69, 9.17) is 0 Å². The molecule has 0 unspecified atom stereocenters. The quantitative estimate of drug-likeness (QED) is 0.866. The van der Waals surface area contributed by atoms with E-state index in [9.17, 15) is 13.2 Å². The Kier molecular flexibility index (Phi) is 4.52. The van der Waals surface area contributed by atoms with Gasteiger partial charge in [-0.05, 0) is 36.4 Å². The second kappa shape index (κ2) is 6.43. The molecule has 5 nitrogen and oxygen atoms in total. The molecule has 1 atom stereocenters. The van der Waals surface area contributed by atoms with Crippen LogP contribution in [0.2, 0.25) is 0 Å². The first-order valence-corrected chi connectivity index (χ1v) is 9.37. The first-order valence-electron chi connectivity index (χ1n) is 7.09. The zero-order chi connectivity index (χ0) is 16.4. The number of nitrogens with zero attached hydrogens (tertiary/aromatic N) is 1. The second-order valence-corrected chi connectivity index (χ2v) is 7.95. The maximum Gasteiger partial charge on any atom is 0.240 e. The molecule has 1 aliphatic rings. The van der Waals surface area contributed by atoms with Crippen LogP contribution in [0.1, 0.15) is 6.42 Å². The van der Waals surface area contributed by atoms with Crippen LogP contribution in [-0.4, -0.2) is 26.9 Å². The average molecular weight is 395 g/mol. The molecule has 7 heteroatoms. The van der Waals surface area contributed by atoms with Crippen molar-refractivity contribution in [3.8, 4) is 0 Å². The Balaban J connectivity index is 1.74. The van der Waals surface area contributed by atoms with Crippen LogP contribution < -0.4 is 9.62 Å². The van der Waals surface area contributed by atoms with E-state index in [1.54, 1.807) is 17.0 Å². The van der Waals surface area contributed by atoms with E-state index in [-0.39, 0.29) is 17.2 Å². The minimum Gasteiger partial charge on any atom is -0.311 e. The number of nitrogens with one attached hydrogen (secondary N) is 1. The van der Waals surface area contributed by atoms with Gasteiger partial charge in [0.25, 0.3) is 0 Å². The third-order valence-corrected chi connectivity index (χ3v) is 5.70. The highest BCUT2D eigenvalue weighted by molar-refractivity contribution is 9.10. The summed E-state index contributed by atoms with van der Waals surface area (Å²) in [5.41, 5.74) is 0.780. The fourth-order valence-corrected chi connectivity index (χ4v) is 4.04. The first kappa shape index (κ1) is 16.2. The molecule has 120 valence electrons. The third-order valence-electron chi connectivity index (χ3n) is 3.64. The van der Waals surface area contributed by atoms with E-state index >= 15 is 0 Å². The molecule has 1 amide bonds. The van der Waals surface area contributed by atoms with Crippen LogP contribution in [-0.2, 0) is 14.8 Å². The summed E-state index contributed by atoms with van der Waals surface area (Å²) in [7, 11) is -3.64. The summed E-state index contributed by atoms with van der Waals surface area (Å²) < 4.78 is 28.2. The normalized spacial score (nSPS) is 18.4. The lowest BCUT2D eigenvalue weighted by molar-refractivity contribution is -0.117. The Morgan fingerprint density at radius 1 is 1.04 bits per heavy atom. The topological polar surface area (TPSA) is 66.5 Å². The molecule has 2 aromatic rings. The van der Waals surface area contributed by atoms with Crippen molar-refractivity contribution in [2.75, 3.05) is 11.4 Å². The molecule has 1 heterocycles. The van der Waals surface area contributed by atoms with Gasteiger partial charge in [0.05, 0.1) is 4.90 Å². The van der Waals surface area contributed by atoms with Crippen molar-refractivity contribution in [3.05, 3.63) is 59.1 Å². The van der Waals surface area contributed by atoms with E-state index in [0.717, 1.165) is 10.2 Å². The van der Waals surface area contributed by atoms with Crippen molar-refractivity contribution in [1.82, 2.24) is 4.72 Å². The Morgan fingerprint density at radius 3 is 2.35 bits per heavy atom. The van der Waals surface area contributed by atoms with Crippen molar-refractivity contribution >= 4 is 37.5 Å². The molecule has 0 bridgehead atoms. The lowest BCUT2D eigenvalue weighted by Crippen LogP contribution is -2.37. The predicted molar refractivity (Wildman–Crippen MR) is 91.7 cm³/mol. The number of halogens is 1. The van der Waals surface area contributed by atoms with Gasteiger partial charge >= 0.3 is 0 Å². The molecule has 0 spiro atoms. The second-order valence-electron chi connectivity index (χ2n) is 5.32. The van der Waals surface area contributed by atoms with Crippen molar-refractivity contribution in [2.24, 2.45) is 0 Å². The Bertz CT molecular complexity index is 807. The van der Waals surface area contributed by atoms with Gasteiger partial charge in [-0.25, -0.2) is 13.1 Å².